The minimum absolute atomic E-state index is 0.0984. The van der Waals surface area contributed by atoms with E-state index in [1.54, 1.807) is 0 Å². The van der Waals surface area contributed by atoms with Gasteiger partial charge in [-0.3, -0.25) is 14.5 Å². The van der Waals surface area contributed by atoms with Gasteiger partial charge in [0.1, 0.15) is 5.54 Å². The minimum atomic E-state index is -0.705. The number of hydrogen-bond donors (Lipinski definition) is 2. The van der Waals surface area contributed by atoms with E-state index in [0.29, 0.717) is 18.5 Å². The number of carbonyl (C=O) groups is 3. The van der Waals surface area contributed by atoms with Gasteiger partial charge in [0.25, 0.3) is 5.91 Å². The lowest BCUT2D eigenvalue weighted by molar-refractivity contribution is -0.131. The van der Waals surface area contributed by atoms with Crippen LogP contribution in [0.3, 0.4) is 0 Å². The Morgan fingerprint density at radius 2 is 1.87 bits per heavy atom. The van der Waals surface area contributed by atoms with Crippen LogP contribution in [0.2, 0.25) is 0 Å². The summed E-state index contributed by atoms with van der Waals surface area (Å²) in [5.74, 6) is -0.388. The summed E-state index contributed by atoms with van der Waals surface area (Å²) in [6.07, 6.45) is 3.40. The van der Waals surface area contributed by atoms with Crippen LogP contribution in [0.4, 0.5) is 10.5 Å². The summed E-state index contributed by atoms with van der Waals surface area (Å²) >= 11 is 2.19. The molecule has 1 aromatic carbocycles. The fraction of sp³-hybridized carbons (Fsp3) is 0.438. The van der Waals surface area contributed by atoms with Crippen LogP contribution in [0, 0.1) is 3.57 Å². The van der Waals surface area contributed by atoms with Gasteiger partial charge in [0.05, 0.1) is 0 Å². The average molecular weight is 427 g/mol. The number of nitrogens with zero attached hydrogens (tertiary/aromatic N) is 1. The molecule has 3 rings (SSSR count). The lowest BCUT2D eigenvalue weighted by atomic mass is 9.98. The third-order valence-corrected chi connectivity index (χ3v) is 5.11. The number of imide groups is 1. The number of rotatable bonds is 4. The van der Waals surface area contributed by atoms with Crippen molar-refractivity contribution in [1.82, 2.24) is 10.2 Å². The highest BCUT2D eigenvalue weighted by molar-refractivity contribution is 14.1. The molecule has 1 spiro atoms. The fourth-order valence-corrected chi connectivity index (χ4v) is 3.53. The van der Waals surface area contributed by atoms with Gasteiger partial charge in [0.15, 0.2) is 0 Å². The summed E-state index contributed by atoms with van der Waals surface area (Å²) in [5.41, 5.74) is 0.00354. The number of urea groups is 1. The van der Waals surface area contributed by atoms with Crippen molar-refractivity contribution in [1.29, 1.82) is 0 Å². The van der Waals surface area contributed by atoms with Gasteiger partial charge in [-0.05, 0) is 59.7 Å². The third-order valence-electron chi connectivity index (χ3n) is 4.39. The van der Waals surface area contributed by atoms with Crippen LogP contribution in [-0.2, 0) is 9.59 Å². The van der Waals surface area contributed by atoms with E-state index in [2.05, 4.69) is 33.2 Å². The minimum Gasteiger partial charge on any atom is -0.326 e. The van der Waals surface area contributed by atoms with E-state index in [1.807, 2.05) is 24.3 Å². The number of halogens is 1. The molecule has 2 fully saturated rings. The summed E-state index contributed by atoms with van der Waals surface area (Å²) in [4.78, 5) is 37.7. The molecular weight excluding hydrogens is 409 g/mol. The molecule has 1 saturated carbocycles. The highest BCUT2D eigenvalue weighted by Crippen LogP contribution is 2.35. The molecule has 1 aliphatic carbocycles. The Morgan fingerprint density at radius 1 is 1.22 bits per heavy atom. The highest BCUT2D eigenvalue weighted by atomic mass is 127. The van der Waals surface area contributed by atoms with Crippen LogP contribution in [0.15, 0.2) is 24.3 Å². The van der Waals surface area contributed by atoms with Crippen molar-refractivity contribution in [2.24, 2.45) is 0 Å². The molecule has 23 heavy (non-hydrogen) atoms. The summed E-state index contributed by atoms with van der Waals surface area (Å²) in [6.45, 7) is 0.114. The maximum Gasteiger partial charge on any atom is 0.325 e. The second-order valence-electron chi connectivity index (χ2n) is 5.98. The van der Waals surface area contributed by atoms with Gasteiger partial charge in [0.2, 0.25) is 5.91 Å². The number of amides is 4. The standard InChI is InChI=1S/C16H18IN3O3/c17-11-3-5-12(6-4-11)18-13(21)7-10-20-14(22)16(19-15(20)23)8-1-2-9-16/h3-6H,1-2,7-10H2,(H,18,21)(H,19,23). The van der Waals surface area contributed by atoms with Crippen LogP contribution < -0.4 is 10.6 Å². The first-order valence-corrected chi connectivity index (χ1v) is 8.78. The Morgan fingerprint density at radius 3 is 2.52 bits per heavy atom. The first-order valence-electron chi connectivity index (χ1n) is 7.70. The predicted octanol–water partition coefficient (Wildman–Crippen LogP) is 2.48. The summed E-state index contributed by atoms with van der Waals surface area (Å²) in [5, 5.41) is 5.59. The summed E-state index contributed by atoms with van der Waals surface area (Å²) in [7, 11) is 0. The smallest absolute Gasteiger partial charge is 0.325 e. The zero-order valence-electron chi connectivity index (χ0n) is 12.6. The Labute approximate surface area is 148 Å². The first-order chi connectivity index (χ1) is 11.0. The second kappa shape index (κ2) is 6.46. The maximum absolute atomic E-state index is 12.5. The van der Waals surface area contributed by atoms with Crippen LogP contribution in [0.5, 0.6) is 0 Å². The fourth-order valence-electron chi connectivity index (χ4n) is 3.17. The SMILES string of the molecule is O=C(CCN1C(=O)NC2(CCCC2)C1=O)Nc1ccc(I)cc1. The average Bonchev–Trinajstić information content (AvgIpc) is 3.07. The first kappa shape index (κ1) is 16.2. The molecule has 2 aliphatic rings. The van der Waals surface area contributed by atoms with Crippen molar-refractivity contribution in [3.05, 3.63) is 27.8 Å². The maximum atomic E-state index is 12.5. The molecule has 0 atom stereocenters. The normalized spacial score (nSPS) is 19.3. The van der Waals surface area contributed by atoms with Gasteiger partial charge in [-0.25, -0.2) is 4.79 Å². The van der Waals surface area contributed by atoms with Gasteiger partial charge in [0, 0.05) is 22.2 Å². The molecule has 0 unspecified atom stereocenters. The Balaban J connectivity index is 1.55. The summed E-state index contributed by atoms with van der Waals surface area (Å²) < 4.78 is 1.08. The molecule has 1 heterocycles. The Kier molecular flexibility index (Phi) is 4.56. The van der Waals surface area contributed by atoms with E-state index in [9.17, 15) is 14.4 Å². The number of carbonyl (C=O) groups excluding carboxylic acids is 3. The molecule has 4 amide bonds. The van der Waals surface area contributed by atoms with Gasteiger partial charge in [-0.1, -0.05) is 12.8 Å². The zero-order valence-corrected chi connectivity index (χ0v) is 14.8. The van der Waals surface area contributed by atoms with Crippen molar-refractivity contribution < 1.29 is 14.4 Å². The van der Waals surface area contributed by atoms with Crippen molar-refractivity contribution in [2.45, 2.75) is 37.6 Å². The molecule has 1 aromatic rings. The monoisotopic (exact) mass is 427 g/mol. The van der Waals surface area contributed by atoms with E-state index in [-0.39, 0.29) is 30.8 Å². The highest BCUT2D eigenvalue weighted by Gasteiger charge is 2.52. The Bertz CT molecular complexity index is 638. The van der Waals surface area contributed by atoms with Crippen LogP contribution >= 0.6 is 22.6 Å². The van der Waals surface area contributed by atoms with Crippen LogP contribution in [0.1, 0.15) is 32.1 Å². The number of benzene rings is 1. The molecule has 6 nitrogen and oxygen atoms in total. The lowest BCUT2D eigenvalue weighted by Gasteiger charge is -2.19. The number of anilines is 1. The molecule has 122 valence electrons. The number of hydrogen-bond acceptors (Lipinski definition) is 3. The van der Waals surface area contributed by atoms with Gasteiger partial charge in [-0.15, -0.1) is 0 Å². The zero-order chi connectivity index (χ0) is 16.4. The third kappa shape index (κ3) is 3.34. The van der Waals surface area contributed by atoms with Crippen molar-refractivity contribution >= 4 is 46.1 Å². The van der Waals surface area contributed by atoms with E-state index < -0.39 is 5.54 Å². The van der Waals surface area contributed by atoms with Crippen molar-refractivity contribution in [3.8, 4) is 0 Å². The topological polar surface area (TPSA) is 78.5 Å². The molecule has 0 radical (unpaired) electrons. The number of nitrogens with one attached hydrogen (secondary N) is 2. The van der Waals surface area contributed by atoms with E-state index >= 15 is 0 Å². The predicted molar refractivity (Wildman–Crippen MR) is 93.8 cm³/mol. The molecule has 7 heteroatoms. The Hall–Kier alpha value is -1.64. The quantitative estimate of drug-likeness (QED) is 0.573. The van der Waals surface area contributed by atoms with E-state index in [0.717, 1.165) is 16.4 Å². The summed E-state index contributed by atoms with van der Waals surface area (Å²) in [6, 6.07) is 7.07. The molecule has 0 bridgehead atoms. The van der Waals surface area contributed by atoms with E-state index in [4.69, 9.17) is 0 Å². The van der Waals surface area contributed by atoms with Gasteiger partial charge < -0.3 is 10.6 Å². The molecule has 0 aromatic heterocycles. The van der Waals surface area contributed by atoms with Crippen molar-refractivity contribution in [2.75, 3.05) is 11.9 Å². The second-order valence-corrected chi connectivity index (χ2v) is 7.23. The van der Waals surface area contributed by atoms with Gasteiger partial charge >= 0.3 is 6.03 Å². The van der Waals surface area contributed by atoms with Crippen LogP contribution in [-0.4, -0.2) is 34.8 Å². The molecular formula is C16H18IN3O3. The molecule has 1 aliphatic heterocycles. The molecule has 1 saturated heterocycles. The van der Waals surface area contributed by atoms with Crippen LogP contribution in [0.25, 0.3) is 0 Å². The lowest BCUT2D eigenvalue weighted by Crippen LogP contribution is -2.44. The molecule has 2 N–H and O–H groups in total. The van der Waals surface area contributed by atoms with E-state index in [1.165, 1.54) is 4.90 Å². The van der Waals surface area contributed by atoms with Crippen molar-refractivity contribution in [3.63, 3.8) is 0 Å². The van der Waals surface area contributed by atoms with Gasteiger partial charge in [-0.2, -0.15) is 0 Å². The largest absolute Gasteiger partial charge is 0.326 e.